The predicted octanol–water partition coefficient (Wildman–Crippen LogP) is 2.64. The molecule has 0 spiro atoms. The van der Waals surface area contributed by atoms with Crippen molar-refractivity contribution in [3.05, 3.63) is 95.6 Å². The highest BCUT2D eigenvalue weighted by Crippen LogP contribution is 2.28. The number of nitrogens with zero attached hydrogens (tertiary/aromatic N) is 1. The molecule has 0 aliphatic carbocycles. The van der Waals surface area contributed by atoms with Crippen molar-refractivity contribution in [1.82, 2.24) is 15.5 Å². The monoisotopic (exact) mass is 646 g/mol. The number of nitrogens with two attached hydrogens (primary N) is 3. The van der Waals surface area contributed by atoms with E-state index in [-0.39, 0.29) is 26.0 Å². The summed E-state index contributed by atoms with van der Waals surface area (Å²) in [5.41, 5.74) is 19.4. The van der Waals surface area contributed by atoms with Gasteiger partial charge in [-0.15, -0.1) is 0 Å². The summed E-state index contributed by atoms with van der Waals surface area (Å²) in [4.78, 5) is 39.6. The van der Waals surface area contributed by atoms with E-state index in [0.29, 0.717) is 43.2 Å². The Morgan fingerprint density at radius 2 is 1.32 bits per heavy atom. The largest absolute Gasteiger partial charge is 0.489 e. The number of amides is 3. The summed E-state index contributed by atoms with van der Waals surface area (Å²) in [6.07, 6.45) is 3.07. The third kappa shape index (κ3) is 14.3. The second kappa shape index (κ2) is 21.5. The second-order valence-corrected chi connectivity index (χ2v) is 11.4. The van der Waals surface area contributed by atoms with E-state index >= 15 is 0 Å². The van der Waals surface area contributed by atoms with Gasteiger partial charge in [0, 0.05) is 18.2 Å². The van der Waals surface area contributed by atoms with Crippen molar-refractivity contribution < 1.29 is 23.9 Å². The first-order valence-electron chi connectivity index (χ1n) is 16.3. The molecule has 3 aromatic carbocycles. The molecule has 0 saturated carbocycles. The number of hydrogen-bond donors (Lipinski definition) is 5. The Hall–Kier alpha value is -4.29. The van der Waals surface area contributed by atoms with Gasteiger partial charge in [0.15, 0.2) is 0 Å². The standard InChI is InChI=1S/C36H50N6O5/c37-17-9-20-40-18-7-8-19-41-21-10-22-42(36(45)32(38)25-34(39)43)35(44)23-30-15-16-31(46-26-28-11-3-1-4-12-28)24-33(30)47-27-29-13-5-2-6-14-29/h1-6,11-16,24,32,40-41H,7-10,17-23,25-27,37-38H2,(H2,39,43)/t32-/m0/s1. The van der Waals surface area contributed by atoms with Crippen molar-refractivity contribution in [2.24, 2.45) is 17.2 Å². The van der Waals surface area contributed by atoms with Crippen molar-refractivity contribution in [3.8, 4) is 11.5 Å². The Balaban J connectivity index is 1.66. The number of nitrogens with one attached hydrogen (secondary N) is 2. The van der Waals surface area contributed by atoms with E-state index in [1.807, 2.05) is 60.7 Å². The summed E-state index contributed by atoms with van der Waals surface area (Å²) in [5, 5.41) is 6.73. The van der Waals surface area contributed by atoms with Crippen LogP contribution in [-0.2, 0) is 34.0 Å². The highest BCUT2D eigenvalue weighted by atomic mass is 16.5. The minimum Gasteiger partial charge on any atom is -0.489 e. The van der Waals surface area contributed by atoms with Gasteiger partial charge < -0.3 is 37.3 Å². The molecule has 11 nitrogen and oxygen atoms in total. The van der Waals surface area contributed by atoms with Crippen molar-refractivity contribution in [3.63, 3.8) is 0 Å². The maximum absolute atomic E-state index is 13.7. The molecule has 8 N–H and O–H groups in total. The number of primary amides is 1. The first kappa shape index (κ1) is 37.2. The first-order valence-corrected chi connectivity index (χ1v) is 16.3. The fourth-order valence-corrected chi connectivity index (χ4v) is 4.84. The number of carbonyl (C=O) groups is 3. The highest BCUT2D eigenvalue weighted by molar-refractivity contribution is 6.00. The lowest BCUT2D eigenvalue weighted by Gasteiger charge is -2.24. The smallest absolute Gasteiger partial charge is 0.246 e. The summed E-state index contributed by atoms with van der Waals surface area (Å²) in [7, 11) is 0. The molecule has 3 amide bonds. The van der Waals surface area contributed by atoms with Gasteiger partial charge in [-0.3, -0.25) is 19.3 Å². The first-order chi connectivity index (χ1) is 22.9. The van der Waals surface area contributed by atoms with Crippen molar-refractivity contribution in [2.75, 3.05) is 39.3 Å². The van der Waals surface area contributed by atoms with Gasteiger partial charge >= 0.3 is 0 Å². The quantitative estimate of drug-likeness (QED) is 0.0970. The van der Waals surface area contributed by atoms with E-state index < -0.39 is 23.8 Å². The summed E-state index contributed by atoms with van der Waals surface area (Å²) < 4.78 is 12.2. The molecule has 254 valence electrons. The molecule has 0 aliphatic rings. The van der Waals surface area contributed by atoms with Gasteiger partial charge in [-0.1, -0.05) is 66.7 Å². The lowest BCUT2D eigenvalue weighted by Crippen LogP contribution is -2.49. The van der Waals surface area contributed by atoms with Gasteiger partial charge in [0.25, 0.3) is 0 Å². The molecule has 3 aromatic rings. The van der Waals surface area contributed by atoms with Gasteiger partial charge in [-0.25, -0.2) is 0 Å². The fourth-order valence-electron chi connectivity index (χ4n) is 4.84. The lowest BCUT2D eigenvalue weighted by molar-refractivity contribution is -0.146. The average Bonchev–Trinajstić information content (AvgIpc) is 3.08. The summed E-state index contributed by atoms with van der Waals surface area (Å²) >= 11 is 0. The van der Waals surface area contributed by atoms with E-state index in [2.05, 4.69) is 10.6 Å². The minimum atomic E-state index is -1.21. The number of benzene rings is 3. The molecule has 0 saturated heterocycles. The van der Waals surface area contributed by atoms with Gasteiger partial charge in [-0.05, 0) is 75.6 Å². The normalized spacial score (nSPS) is 11.5. The molecule has 0 fully saturated rings. The van der Waals surface area contributed by atoms with Crippen LogP contribution in [0, 0.1) is 0 Å². The van der Waals surface area contributed by atoms with Crippen LogP contribution in [-0.4, -0.2) is 67.9 Å². The second-order valence-electron chi connectivity index (χ2n) is 11.4. The SMILES string of the molecule is NCCCNCCCCNCCCN(C(=O)Cc1ccc(OCc2ccccc2)cc1OCc1ccccc1)C(=O)[C@@H](N)CC(N)=O. The van der Waals surface area contributed by atoms with E-state index in [1.165, 1.54) is 0 Å². The summed E-state index contributed by atoms with van der Waals surface area (Å²) in [5.74, 6) is -0.726. The topological polar surface area (TPSA) is 175 Å². The third-order valence-corrected chi connectivity index (χ3v) is 7.42. The number of carbonyl (C=O) groups excluding carboxylic acids is 3. The van der Waals surface area contributed by atoms with Crippen LogP contribution < -0.4 is 37.3 Å². The van der Waals surface area contributed by atoms with E-state index in [0.717, 1.165) is 54.9 Å². The Morgan fingerprint density at radius 3 is 1.91 bits per heavy atom. The molecule has 0 unspecified atom stereocenters. The Bertz CT molecular complexity index is 1360. The average molecular weight is 647 g/mol. The molecule has 1 atom stereocenters. The molecule has 11 heteroatoms. The molecule has 3 rings (SSSR count). The van der Waals surface area contributed by atoms with Gasteiger partial charge in [-0.2, -0.15) is 0 Å². The lowest BCUT2D eigenvalue weighted by atomic mass is 10.1. The molecular formula is C36H50N6O5. The van der Waals surface area contributed by atoms with Crippen LogP contribution in [0.15, 0.2) is 78.9 Å². The molecular weight excluding hydrogens is 596 g/mol. The van der Waals surface area contributed by atoms with Crippen molar-refractivity contribution in [2.45, 2.75) is 57.8 Å². The van der Waals surface area contributed by atoms with Crippen LogP contribution in [0.1, 0.15) is 48.8 Å². The fraction of sp³-hybridized carbons (Fsp3) is 0.417. The third-order valence-electron chi connectivity index (χ3n) is 7.42. The van der Waals surface area contributed by atoms with Gasteiger partial charge in [0.2, 0.25) is 17.7 Å². The number of imide groups is 1. The van der Waals surface area contributed by atoms with Gasteiger partial charge in [0.1, 0.15) is 24.7 Å². The van der Waals surface area contributed by atoms with Crippen LogP contribution in [0.5, 0.6) is 11.5 Å². The van der Waals surface area contributed by atoms with Crippen LogP contribution in [0.4, 0.5) is 0 Å². The van der Waals surface area contributed by atoms with Crippen molar-refractivity contribution in [1.29, 1.82) is 0 Å². The number of rotatable bonds is 23. The molecule has 47 heavy (non-hydrogen) atoms. The summed E-state index contributed by atoms with van der Waals surface area (Å²) in [6, 6.07) is 23.6. The maximum Gasteiger partial charge on any atom is 0.246 e. The number of unbranched alkanes of at least 4 members (excludes halogenated alkanes) is 1. The van der Waals surface area contributed by atoms with Crippen LogP contribution >= 0.6 is 0 Å². The Labute approximate surface area is 278 Å². The maximum atomic E-state index is 13.7. The van der Waals surface area contributed by atoms with Crippen LogP contribution in [0.3, 0.4) is 0 Å². The van der Waals surface area contributed by atoms with E-state index in [1.54, 1.807) is 18.2 Å². The zero-order valence-electron chi connectivity index (χ0n) is 27.2. The number of ether oxygens (including phenoxy) is 2. The highest BCUT2D eigenvalue weighted by Gasteiger charge is 2.28. The zero-order chi connectivity index (χ0) is 33.7. The molecule has 0 bridgehead atoms. The Kier molecular flexibility index (Phi) is 17.0. The number of hydrogen-bond acceptors (Lipinski definition) is 9. The molecule has 0 radical (unpaired) electrons. The van der Waals surface area contributed by atoms with E-state index in [9.17, 15) is 14.4 Å². The van der Waals surface area contributed by atoms with E-state index in [4.69, 9.17) is 26.7 Å². The molecule has 0 heterocycles. The summed E-state index contributed by atoms with van der Waals surface area (Å²) in [6.45, 7) is 4.78. The molecule has 0 aliphatic heterocycles. The molecule has 0 aromatic heterocycles. The van der Waals surface area contributed by atoms with Crippen molar-refractivity contribution >= 4 is 17.7 Å². The Morgan fingerprint density at radius 1 is 0.745 bits per heavy atom. The minimum absolute atomic E-state index is 0.108. The van der Waals surface area contributed by atoms with Gasteiger partial charge in [0.05, 0.1) is 18.9 Å². The predicted molar refractivity (Wildman–Crippen MR) is 183 cm³/mol. The zero-order valence-corrected chi connectivity index (χ0v) is 27.2. The van der Waals surface area contributed by atoms with Crippen LogP contribution in [0.25, 0.3) is 0 Å². The van der Waals surface area contributed by atoms with Crippen LogP contribution in [0.2, 0.25) is 0 Å².